The zero-order chi connectivity index (χ0) is 14.7. The van der Waals surface area contributed by atoms with Crippen molar-refractivity contribution in [1.82, 2.24) is 10.2 Å². The molecule has 1 fully saturated rings. The van der Waals surface area contributed by atoms with Gasteiger partial charge in [-0.3, -0.25) is 0 Å². The van der Waals surface area contributed by atoms with Crippen molar-refractivity contribution in [3.05, 3.63) is 35.6 Å². The first-order valence-corrected chi connectivity index (χ1v) is 8.16. The first kappa shape index (κ1) is 14.6. The summed E-state index contributed by atoms with van der Waals surface area (Å²) < 4.78 is 5.96. The van der Waals surface area contributed by atoms with Gasteiger partial charge >= 0.3 is 0 Å². The molecule has 0 amide bonds. The fraction of sp³-hybridized carbons (Fsp3) is 0.556. The van der Waals surface area contributed by atoms with Crippen LogP contribution >= 0.6 is 0 Å². The molecule has 0 saturated carbocycles. The molecule has 1 aliphatic rings. The van der Waals surface area contributed by atoms with Crippen molar-refractivity contribution in [2.75, 3.05) is 26.7 Å². The molecule has 3 rings (SSSR count). The van der Waals surface area contributed by atoms with Gasteiger partial charge in [0.05, 0.1) is 0 Å². The second kappa shape index (κ2) is 6.63. The number of nitrogens with zero attached hydrogens (tertiary/aromatic N) is 1. The SMILES string of the molecule is CCc1oc2ccccc2c1CNCC1CCCN(C)C1. The summed E-state index contributed by atoms with van der Waals surface area (Å²) in [6, 6.07) is 8.37. The predicted molar refractivity (Wildman–Crippen MR) is 87.5 cm³/mol. The summed E-state index contributed by atoms with van der Waals surface area (Å²) in [5, 5.41) is 4.92. The molecule has 114 valence electrons. The molecular weight excluding hydrogens is 260 g/mol. The van der Waals surface area contributed by atoms with E-state index in [1.54, 1.807) is 0 Å². The molecular formula is C18H26N2O. The molecule has 1 aromatic heterocycles. The number of hydrogen-bond donors (Lipinski definition) is 1. The molecule has 1 aromatic carbocycles. The van der Waals surface area contributed by atoms with Crippen molar-refractivity contribution in [1.29, 1.82) is 0 Å². The fourth-order valence-electron chi connectivity index (χ4n) is 3.47. The van der Waals surface area contributed by atoms with Gasteiger partial charge in [0.1, 0.15) is 11.3 Å². The van der Waals surface area contributed by atoms with E-state index in [-0.39, 0.29) is 0 Å². The maximum Gasteiger partial charge on any atom is 0.134 e. The van der Waals surface area contributed by atoms with Crippen LogP contribution in [0.2, 0.25) is 0 Å². The Morgan fingerprint density at radius 3 is 3.00 bits per heavy atom. The molecule has 0 bridgehead atoms. The Hall–Kier alpha value is -1.32. The highest BCUT2D eigenvalue weighted by Crippen LogP contribution is 2.26. The summed E-state index contributed by atoms with van der Waals surface area (Å²) in [4.78, 5) is 2.45. The minimum Gasteiger partial charge on any atom is -0.461 e. The number of piperidine rings is 1. The summed E-state index contributed by atoms with van der Waals surface area (Å²) in [6.45, 7) is 6.66. The number of rotatable bonds is 5. The Kier molecular flexibility index (Phi) is 4.61. The molecule has 3 nitrogen and oxygen atoms in total. The fourth-order valence-corrected chi connectivity index (χ4v) is 3.47. The van der Waals surface area contributed by atoms with Crippen LogP contribution in [-0.2, 0) is 13.0 Å². The molecule has 1 aliphatic heterocycles. The Morgan fingerprint density at radius 1 is 1.33 bits per heavy atom. The van der Waals surface area contributed by atoms with Crippen molar-refractivity contribution in [3.63, 3.8) is 0 Å². The van der Waals surface area contributed by atoms with Crippen molar-refractivity contribution in [2.45, 2.75) is 32.7 Å². The van der Waals surface area contributed by atoms with Crippen molar-refractivity contribution in [2.24, 2.45) is 5.92 Å². The molecule has 0 spiro atoms. The summed E-state index contributed by atoms with van der Waals surface area (Å²) in [5.74, 6) is 1.91. The lowest BCUT2D eigenvalue weighted by Gasteiger charge is -2.29. The maximum atomic E-state index is 5.96. The molecule has 3 heteroatoms. The third-order valence-electron chi connectivity index (χ3n) is 4.56. The number of hydrogen-bond acceptors (Lipinski definition) is 3. The minimum absolute atomic E-state index is 0.784. The molecule has 0 aliphatic carbocycles. The van der Waals surface area contributed by atoms with E-state index in [1.165, 1.54) is 36.9 Å². The zero-order valence-electron chi connectivity index (χ0n) is 13.2. The molecule has 1 unspecified atom stereocenters. The van der Waals surface area contributed by atoms with Gasteiger partial charge in [0.2, 0.25) is 0 Å². The maximum absolute atomic E-state index is 5.96. The number of furan rings is 1. The average Bonchev–Trinajstić information content (AvgIpc) is 2.86. The number of fused-ring (bicyclic) bond motifs is 1. The van der Waals surface area contributed by atoms with Crippen LogP contribution in [0.3, 0.4) is 0 Å². The van der Waals surface area contributed by atoms with Gasteiger partial charge in [0.15, 0.2) is 0 Å². The van der Waals surface area contributed by atoms with E-state index in [4.69, 9.17) is 4.42 Å². The van der Waals surface area contributed by atoms with E-state index in [1.807, 2.05) is 6.07 Å². The summed E-state index contributed by atoms with van der Waals surface area (Å²) >= 11 is 0. The Morgan fingerprint density at radius 2 is 2.19 bits per heavy atom. The smallest absolute Gasteiger partial charge is 0.134 e. The van der Waals surface area contributed by atoms with Gasteiger partial charge in [-0.15, -0.1) is 0 Å². The van der Waals surface area contributed by atoms with Crippen molar-refractivity contribution >= 4 is 11.0 Å². The number of para-hydroxylation sites is 1. The molecule has 1 saturated heterocycles. The first-order valence-electron chi connectivity index (χ1n) is 8.16. The van der Waals surface area contributed by atoms with Gasteiger partial charge in [-0.05, 0) is 45.0 Å². The van der Waals surface area contributed by atoms with E-state index < -0.39 is 0 Å². The molecule has 1 N–H and O–H groups in total. The number of benzene rings is 1. The van der Waals surface area contributed by atoms with Crippen LogP contribution in [0.25, 0.3) is 11.0 Å². The highest BCUT2D eigenvalue weighted by Gasteiger charge is 2.17. The molecule has 2 aromatic rings. The van der Waals surface area contributed by atoms with Crippen LogP contribution < -0.4 is 5.32 Å². The van der Waals surface area contributed by atoms with Crippen molar-refractivity contribution < 1.29 is 4.42 Å². The van der Waals surface area contributed by atoms with Crippen molar-refractivity contribution in [3.8, 4) is 0 Å². The number of nitrogens with one attached hydrogen (secondary N) is 1. The molecule has 21 heavy (non-hydrogen) atoms. The lowest BCUT2D eigenvalue weighted by molar-refractivity contribution is 0.206. The van der Waals surface area contributed by atoms with E-state index in [2.05, 4.69) is 42.4 Å². The van der Waals surface area contributed by atoms with E-state index in [0.717, 1.165) is 36.8 Å². The van der Waals surface area contributed by atoms with Crippen LogP contribution in [0.15, 0.2) is 28.7 Å². The number of likely N-dealkylation sites (tertiary alicyclic amines) is 1. The molecule has 2 heterocycles. The van der Waals surface area contributed by atoms with Gasteiger partial charge < -0.3 is 14.6 Å². The third-order valence-corrected chi connectivity index (χ3v) is 4.56. The normalized spacial score (nSPS) is 20.2. The van der Waals surface area contributed by atoms with Crippen LogP contribution in [0.4, 0.5) is 0 Å². The van der Waals surface area contributed by atoms with Gasteiger partial charge in [-0.2, -0.15) is 0 Å². The predicted octanol–water partition coefficient (Wildman–Crippen LogP) is 3.43. The summed E-state index contributed by atoms with van der Waals surface area (Å²) in [6.07, 6.45) is 3.64. The van der Waals surface area contributed by atoms with Gasteiger partial charge in [-0.25, -0.2) is 0 Å². The molecule has 1 atom stereocenters. The average molecular weight is 286 g/mol. The standard InChI is InChI=1S/C18H26N2O/c1-3-17-16(15-8-4-5-9-18(15)21-17)12-19-11-14-7-6-10-20(2)13-14/h4-5,8-9,14,19H,3,6-7,10-13H2,1-2H3. The van der Waals surface area contributed by atoms with Crippen LogP contribution in [0.1, 0.15) is 31.1 Å². The second-order valence-electron chi connectivity index (χ2n) is 6.25. The zero-order valence-corrected chi connectivity index (χ0v) is 13.2. The van der Waals surface area contributed by atoms with Crippen LogP contribution in [0, 0.1) is 5.92 Å². The Balaban J connectivity index is 1.64. The van der Waals surface area contributed by atoms with Crippen LogP contribution in [0.5, 0.6) is 0 Å². The van der Waals surface area contributed by atoms with Crippen LogP contribution in [-0.4, -0.2) is 31.6 Å². The Bertz CT molecular complexity index is 590. The van der Waals surface area contributed by atoms with E-state index in [0.29, 0.717) is 0 Å². The highest BCUT2D eigenvalue weighted by molar-refractivity contribution is 5.82. The summed E-state index contributed by atoms with van der Waals surface area (Å²) in [5.41, 5.74) is 2.36. The minimum atomic E-state index is 0.784. The highest BCUT2D eigenvalue weighted by atomic mass is 16.3. The lowest BCUT2D eigenvalue weighted by atomic mass is 9.98. The second-order valence-corrected chi connectivity index (χ2v) is 6.25. The number of aryl methyl sites for hydroxylation is 1. The van der Waals surface area contributed by atoms with E-state index >= 15 is 0 Å². The topological polar surface area (TPSA) is 28.4 Å². The lowest BCUT2D eigenvalue weighted by Crippen LogP contribution is -2.37. The monoisotopic (exact) mass is 286 g/mol. The van der Waals surface area contributed by atoms with Gasteiger partial charge in [0.25, 0.3) is 0 Å². The summed E-state index contributed by atoms with van der Waals surface area (Å²) in [7, 11) is 2.23. The Labute approximate surface area is 127 Å². The third kappa shape index (κ3) is 3.30. The first-order chi connectivity index (χ1) is 10.3. The quantitative estimate of drug-likeness (QED) is 0.913. The van der Waals surface area contributed by atoms with E-state index in [9.17, 15) is 0 Å². The molecule has 0 radical (unpaired) electrons. The largest absolute Gasteiger partial charge is 0.461 e. The van der Waals surface area contributed by atoms with Gasteiger partial charge in [-0.1, -0.05) is 25.1 Å². The van der Waals surface area contributed by atoms with Gasteiger partial charge in [0, 0.05) is 30.5 Å².